The average Bonchev–Trinajstić information content (AvgIpc) is 2.82. The van der Waals surface area contributed by atoms with Gasteiger partial charge in [0, 0.05) is 11.9 Å². The van der Waals surface area contributed by atoms with Crippen molar-refractivity contribution >= 4 is 17.7 Å². The molecule has 1 atom stereocenters. The molecule has 0 aromatic rings. The number of rotatable bonds is 7. The SMILES string of the molecule is CC(CCO)SCC1(CC(=O)O)CC1. The summed E-state index contributed by atoms with van der Waals surface area (Å²) in [7, 11) is 0. The third-order valence-corrected chi connectivity index (χ3v) is 4.28. The molecule has 0 aromatic carbocycles. The maximum Gasteiger partial charge on any atom is 0.303 e. The Morgan fingerprint density at radius 2 is 2.21 bits per heavy atom. The monoisotopic (exact) mass is 218 g/mol. The Balaban J connectivity index is 2.20. The highest BCUT2D eigenvalue weighted by Crippen LogP contribution is 2.51. The van der Waals surface area contributed by atoms with Gasteiger partial charge in [-0.3, -0.25) is 4.79 Å². The van der Waals surface area contributed by atoms with Gasteiger partial charge in [-0.25, -0.2) is 0 Å². The van der Waals surface area contributed by atoms with E-state index < -0.39 is 5.97 Å². The van der Waals surface area contributed by atoms with Crippen LogP contribution in [0.5, 0.6) is 0 Å². The molecule has 1 rings (SSSR count). The number of aliphatic hydroxyl groups is 1. The Kier molecular flexibility index (Phi) is 4.26. The van der Waals surface area contributed by atoms with Crippen LogP contribution in [0.2, 0.25) is 0 Å². The Bertz CT molecular complexity index is 202. The molecular weight excluding hydrogens is 200 g/mol. The minimum absolute atomic E-state index is 0.0835. The number of hydrogen-bond donors (Lipinski definition) is 2. The molecule has 0 saturated heterocycles. The van der Waals surface area contributed by atoms with Crippen LogP contribution in [-0.2, 0) is 4.79 Å². The van der Waals surface area contributed by atoms with E-state index in [2.05, 4.69) is 6.92 Å². The molecule has 0 aliphatic heterocycles. The summed E-state index contributed by atoms with van der Waals surface area (Å²) < 4.78 is 0. The number of carbonyl (C=O) groups is 1. The highest BCUT2D eigenvalue weighted by atomic mass is 32.2. The Morgan fingerprint density at radius 1 is 1.57 bits per heavy atom. The summed E-state index contributed by atoms with van der Waals surface area (Å²) in [4.78, 5) is 10.6. The van der Waals surface area contributed by atoms with Crippen LogP contribution in [0.1, 0.15) is 32.6 Å². The average molecular weight is 218 g/mol. The second-order valence-electron chi connectivity index (χ2n) is 4.20. The second-order valence-corrected chi connectivity index (χ2v) is 5.63. The van der Waals surface area contributed by atoms with Crippen molar-refractivity contribution in [3.05, 3.63) is 0 Å². The summed E-state index contributed by atoms with van der Waals surface area (Å²) in [6.45, 7) is 2.30. The van der Waals surface area contributed by atoms with Crippen LogP contribution in [0.15, 0.2) is 0 Å². The topological polar surface area (TPSA) is 57.5 Å². The van der Waals surface area contributed by atoms with Gasteiger partial charge in [-0.1, -0.05) is 6.92 Å². The van der Waals surface area contributed by atoms with E-state index in [0.717, 1.165) is 25.0 Å². The largest absolute Gasteiger partial charge is 0.481 e. The molecule has 1 unspecified atom stereocenters. The maximum absolute atomic E-state index is 10.6. The molecule has 3 nitrogen and oxygen atoms in total. The quantitative estimate of drug-likeness (QED) is 0.683. The zero-order chi connectivity index (χ0) is 10.6. The predicted molar refractivity (Wildman–Crippen MR) is 57.5 cm³/mol. The van der Waals surface area contributed by atoms with Crippen LogP contribution < -0.4 is 0 Å². The standard InChI is InChI=1S/C10H18O3S/c1-8(2-5-11)14-7-10(3-4-10)6-9(12)13/h8,11H,2-7H2,1H3,(H,12,13). The Morgan fingerprint density at radius 3 is 2.64 bits per heavy atom. The van der Waals surface area contributed by atoms with Crippen LogP contribution >= 0.6 is 11.8 Å². The lowest BCUT2D eigenvalue weighted by atomic mass is 10.1. The van der Waals surface area contributed by atoms with Crippen molar-refractivity contribution in [1.29, 1.82) is 0 Å². The van der Waals surface area contributed by atoms with Gasteiger partial charge in [-0.05, 0) is 30.4 Å². The zero-order valence-corrected chi connectivity index (χ0v) is 9.35. The van der Waals surface area contributed by atoms with E-state index in [1.165, 1.54) is 0 Å². The van der Waals surface area contributed by atoms with Crippen molar-refractivity contribution in [3.63, 3.8) is 0 Å². The van der Waals surface area contributed by atoms with E-state index in [1.807, 2.05) is 0 Å². The van der Waals surface area contributed by atoms with Crippen molar-refractivity contribution in [1.82, 2.24) is 0 Å². The van der Waals surface area contributed by atoms with E-state index >= 15 is 0 Å². The van der Waals surface area contributed by atoms with Crippen LogP contribution in [0.4, 0.5) is 0 Å². The van der Waals surface area contributed by atoms with E-state index in [4.69, 9.17) is 10.2 Å². The molecule has 1 aliphatic rings. The van der Waals surface area contributed by atoms with E-state index in [0.29, 0.717) is 11.7 Å². The normalized spacial score (nSPS) is 20.4. The lowest BCUT2D eigenvalue weighted by Crippen LogP contribution is -2.13. The number of thioether (sulfide) groups is 1. The lowest BCUT2D eigenvalue weighted by Gasteiger charge is -2.15. The van der Waals surface area contributed by atoms with Gasteiger partial charge >= 0.3 is 5.97 Å². The first-order valence-electron chi connectivity index (χ1n) is 5.02. The molecule has 14 heavy (non-hydrogen) atoms. The molecule has 2 N–H and O–H groups in total. The van der Waals surface area contributed by atoms with Gasteiger partial charge in [0.2, 0.25) is 0 Å². The third kappa shape index (κ3) is 3.88. The molecule has 0 aromatic heterocycles. The smallest absolute Gasteiger partial charge is 0.303 e. The first kappa shape index (κ1) is 11.9. The molecule has 1 fully saturated rings. The zero-order valence-electron chi connectivity index (χ0n) is 8.53. The first-order chi connectivity index (χ1) is 6.58. The summed E-state index contributed by atoms with van der Waals surface area (Å²) in [6.07, 6.45) is 3.22. The molecule has 0 heterocycles. The maximum atomic E-state index is 10.6. The number of hydrogen-bond acceptors (Lipinski definition) is 3. The number of carboxylic acid groups (broad SMARTS) is 1. The molecule has 0 amide bonds. The Labute approximate surface area is 88.9 Å². The van der Waals surface area contributed by atoms with Gasteiger partial charge in [-0.15, -0.1) is 0 Å². The number of aliphatic hydroxyl groups excluding tert-OH is 1. The number of aliphatic carboxylic acids is 1. The van der Waals surface area contributed by atoms with Gasteiger partial charge in [0.25, 0.3) is 0 Å². The molecule has 82 valence electrons. The van der Waals surface area contributed by atoms with Crippen LogP contribution in [-0.4, -0.2) is 33.8 Å². The third-order valence-electron chi connectivity index (χ3n) is 2.69. The minimum Gasteiger partial charge on any atom is -0.481 e. The summed E-state index contributed by atoms with van der Waals surface area (Å²) in [6, 6.07) is 0. The van der Waals surface area contributed by atoms with Crippen molar-refractivity contribution in [2.45, 2.75) is 37.9 Å². The molecule has 1 saturated carbocycles. The molecule has 0 bridgehead atoms. The summed E-state index contributed by atoms with van der Waals surface area (Å²) in [5.41, 5.74) is 0.0835. The van der Waals surface area contributed by atoms with Gasteiger partial charge in [0.1, 0.15) is 0 Å². The molecule has 4 heteroatoms. The summed E-state index contributed by atoms with van der Waals surface area (Å²) in [5.74, 6) is 0.249. The molecule has 1 aliphatic carbocycles. The van der Waals surface area contributed by atoms with E-state index in [-0.39, 0.29) is 12.0 Å². The van der Waals surface area contributed by atoms with Gasteiger partial charge < -0.3 is 10.2 Å². The number of carboxylic acids is 1. The Hall–Kier alpha value is -0.220. The fourth-order valence-corrected chi connectivity index (χ4v) is 2.75. The minimum atomic E-state index is -0.682. The van der Waals surface area contributed by atoms with E-state index in [9.17, 15) is 4.79 Å². The highest BCUT2D eigenvalue weighted by molar-refractivity contribution is 7.99. The van der Waals surface area contributed by atoms with Crippen molar-refractivity contribution in [2.75, 3.05) is 12.4 Å². The summed E-state index contributed by atoms with van der Waals surface area (Å²) >= 11 is 1.79. The van der Waals surface area contributed by atoms with E-state index in [1.54, 1.807) is 11.8 Å². The highest BCUT2D eigenvalue weighted by Gasteiger charge is 2.44. The first-order valence-corrected chi connectivity index (χ1v) is 6.07. The van der Waals surface area contributed by atoms with Crippen LogP contribution in [0.25, 0.3) is 0 Å². The fraction of sp³-hybridized carbons (Fsp3) is 0.900. The van der Waals surface area contributed by atoms with Gasteiger partial charge in [0.05, 0.1) is 6.42 Å². The fourth-order valence-electron chi connectivity index (χ4n) is 1.45. The summed E-state index contributed by atoms with van der Waals surface area (Å²) in [5, 5.41) is 17.9. The lowest BCUT2D eigenvalue weighted by molar-refractivity contribution is -0.138. The van der Waals surface area contributed by atoms with Gasteiger partial charge in [0.15, 0.2) is 0 Å². The van der Waals surface area contributed by atoms with Crippen LogP contribution in [0, 0.1) is 5.41 Å². The van der Waals surface area contributed by atoms with Crippen molar-refractivity contribution in [3.8, 4) is 0 Å². The molecule has 0 spiro atoms. The second kappa shape index (κ2) is 5.03. The molecular formula is C10H18O3S. The molecule has 0 radical (unpaired) electrons. The van der Waals surface area contributed by atoms with Crippen molar-refractivity contribution in [2.24, 2.45) is 5.41 Å². The van der Waals surface area contributed by atoms with Crippen molar-refractivity contribution < 1.29 is 15.0 Å². The predicted octanol–water partition coefficient (Wildman–Crippen LogP) is 1.75. The van der Waals surface area contributed by atoms with Crippen LogP contribution in [0.3, 0.4) is 0 Å². The van der Waals surface area contributed by atoms with Gasteiger partial charge in [-0.2, -0.15) is 11.8 Å².